The van der Waals surface area contributed by atoms with Crippen LogP contribution in [-0.2, 0) is 5.41 Å². The lowest BCUT2D eigenvalue weighted by molar-refractivity contribution is 0.660. The smallest absolute Gasteiger partial charge is 0.137 e. The number of thiophene rings is 1. The van der Waals surface area contributed by atoms with Gasteiger partial charge in [0.2, 0.25) is 0 Å². The second-order valence-corrected chi connectivity index (χ2v) is 16.0. The zero-order chi connectivity index (χ0) is 36.0. The van der Waals surface area contributed by atoms with Gasteiger partial charge < -0.3 is 9.32 Å². The van der Waals surface area contributed by atoms with Crippen molar-refractivity contribution in [2.24, 2.45) is 0 Å². The number of para-hydroxylation sites is 1. The summed E-state index contributed by atoms with van der Waals surface area (Å²) in [5.41, 5.74) is 15.2. The summed E-state index contributed by atoms with van der Waals surface area (Å²) in [5, 5.41) is 4.89. The molecule has 0 amide bonds. The van der Waals surface area contributed by atoms with Crippen LogP contribution in [0.25, 0.3) is 75.5 Å². The highest BCUT2D eigenvalue weighted by Gasteiger charge is 2.37. The lowest BCUT2D eigenvalue weighted by atomic mass is 9.82. The molecule has 1 aliphatic carbocycles. The van der Waals surface area contributed by atoms with Crippen molar-refractivity contribution < 1.29 is 4.42 Å². The van der Waals surface area contributed by atoms with Gasteiger partial charge in [0.05, 0.1) is 0 Å². The molecule has 3 heteroatoms. The molecule has 0 spiro atoms. The molecule has 2 heterocycles. The molecule has 2 aromatic heterocycles. The van der Waals surface area contributed by atoms with Gasteiger partial charge >= 0.3 is 0 Å². The molecule has 0 N–H and O–H groups in total. The largest absolute Gasteiger partial charge is 0.456 e. The second kappa shape index (κ2) is 11.8. The molecule has 0 saturated carbocycles. The van der Waals surface area contributed by atoms with Gasteiger partial charge in [0.25, 0.3) is 0 Å². The van der Waals surface area contributed by atoms with Gasteiger partial charge in [0, 0.05) is 59.5 Å². The molecule has 0 saturated heterocycles. The van der Waals surface area contributed by atoms with Gasteiger partial charge in [0.15, 0.2) is 0 Å². The topological polar surface area (TPSA) is 16.4 Å². The van der Waals surface area contributed by atoms with E-state index in [4.69, 9.17) is 4.42 Å². The van der Waals surface area contributed by atoms with Crippen molar-refractivity contribution in [1.29, 1.82) is 0 Å². The van der Waals surface area contributed by atoms with E-state index >= 15 is 0 Å². The zero-order valence-corrected chi connectivity index (χ0v) is 30.8. The highest BCUT2D eigenvalue weighted by molar-refractivity contribution is 7.25. The predicted molar refractivity (Wildman–Crippen MR) is 230 cm³/mol. The summed E-state index contributed by atoms with van der Waals surface area (Å²) >= 11 is 1.86. The van der Waals surface area contributed by atoms with Crippen molar-refractivity contribution in [1.82, 2.24) is 0 Å². The number of furan rings is 1. The summed E-state index contributed by atoms with van der Waals surface area (Å²) < 4.78 is 9.08. The Kier molecular flexibility index (Phi) is 6.80. The summed E-state index contributed by atoms with van der Waals surface area (Å²) in [5.74, 6) is 0. The zero-order valence-electron chi connectivity index (χ0n) is 30.0. The van der Waals surface area contributed by atoms with E-state index in [1.165, 1.54) is 64.7 Å². The number of rotatable bonds is 5. The van der Waals surface area contributed by atoms with Crippen molar-refractivity contribution in [3.05, 3.63) is 187 Å². The van der Waals surface area contributed by atoms with Gasteiger partial charge in [-0.3, -0.25) is 0 Å². The van der Waals surface area contributed by atoms with E-state index < -0.39 is 0 Å². The first-order chi connectivity index (χ1) is 26.5. The van der Waals surface area contributed by atoms with E-state index in [0.29, 0.717) is 0 Å². The molecule has 0 unspecified atom stereocenters. The maximum absolute atomic E-state index is 6.44. The van der Waals surface area contributed by atoms with Crippen LogP contribution in [0.15, 0.2) is 180 Å². The summed E-state index contributed by atoms with van der Waals surface area (Å²) in [7, 11) is 0. The molecular weight excluding hydrogens is 675 g/mol. The predicted octanol–water partition coefficient (Wildman–Crippen LogP) is 15.1. The molecule has 0 atom stereocenters. The monoisotopic (exact) mass is 709 g/mol. The minimum atomic E-state index is -0.122. The minimum absolute atomic E-state index is 0.122. The molecule has 2 nitrogen and oxygen atoms in total. The maximum Gasteiger partial charge on any atom is 0.137 e. The number of hydrogen-bond donors (Lipinski definition) is 0. The molecule has 0 aliphatic heterocycles. The Morgan fingerprint density at radius 3 is 1.98 bits per heavy atom. The number of hydrogen-bond acceptors (Lipinski definition) is 3. The molecule has 0 bridgehead atoms. The maximum atomic E-state index is 6.44. The molecule has 11 rings (SSSR count). The van der Waals surface area contributed by atoms with E-state index in [1.807, 2.05) is 23.5 Å². The van der Waals surface area contributed by atoms with Crippen LogP contribution >= 0.6 is 11.3 Å². The average Bonchev–Trinajstić information content (AvgIpc) is 3.85. The van der Waals surface area contributed by atoms with Gasteiger partial charge in [0.1, 0.15) is 11.2 Å². The molecule has 54 heavy (non-hydrogen) atoms. The summed E-state index contributed by atoms with van der Waals surface area (Å²) in [4.78, 5) is 2.38. The standard InChI is InChI=1S/C51H35NOS/c1-51(2)44-27-25-36(30-43(44)50-38(15-10-16-45(50)51)33-11-4-3-5-12-33)52(37-24-26-40-39-13-6-8-17-46(39)53-47(40)31-37)35-22-19-32(20-23-35)34-21-28-49-42(29-34)41-14-7-9-18-48(41)54-49/h3-31H,1-2H3. The van der Waals surface area contributed by atoms with E-state index in [9.17, 15) is 0 Å². The Hall–Kier alpha value is -6.42. The van der Waals surface area contributed by atoms with E-state index in [-0.39, 0.29) is 5.41 Å². The van der Waals surface area contributed by atoms with Crippen molar-refractivity contribution in [2.75, 3.05) is 4.90 Å². The molecule has 0 fully saturated rings. The van der Waals surface area contributed by atoms with Crippen LogP contribution in [-0.4, -0.2) is 0 Å². The van der Waals surface area contributed by atoms with Gasteiger partial charge in [-0.25, -0.2) is 0 Å². The van der Waals surface area contributed by atoms with Crippen LogP contribution in [0, 0.1) is 0 Å². The second-order valence-electron chi connectivity index (χ2n) is 14.9. The van der Waals surface area contributed by atoms with Gasteiger partial charge in [-0.05, 0) is 105 Å². The summed E-state index contributed by atoms with van der Waals surface area (Å²) in [6.07, 6.45) is 0. The van der Waals surface area contributed by atoms with Gasteiger partial charge in [-0.15, -0.1) is 11.3 Å². The highest BCUT2D eigenvalue weighted by Crippen LogP contribution is 2.54. The number of anilines is 3. The third-order valence-corrected chi connectivity index (χ3v) is 12.6. The minimum Gasteiger partial charge on any atom is -0.456 e. The molecule has 8 aromatic carbocycles. The Morgan fingerprint density at radius 2 is 1.11 bits per heavy atom. The normalized spacial score (nSPS) is 13.1. The Morgan fingerprint density at radius 1 is 0.426 bits per heavy atom. The van der Waals surface area contributed by atoms with E-state index in [0.717, 1.165) is 39.0 Å². The van der Waals surface area contributed by atoms with Crippen LogP contribution in [0.3, 0.4) is 0 Å². The fourth-order valence-electron chi connectivity index (χ4n) is 8.80. The first kappa shape index (κ1) is 31.1. The Bertz CT molecular complexity index is 3080. The van der Waals surface area contributed by atoms with Crippen LogP contribution in [0.2, 0.25) is 0 Å². The summed E-state index contributed by atoms with van der Waals surface area (Å²) in [6, 6.07) is 64.2. The third-order valence-electron chi connectivity index (χ3n) is 11.5. The highest BCUT2D eigenvalue weighted by atomic mass is 32.1. The van der Waals surface area contributed by atoms with Crippen molar-refractivity contribution >= 4 is 70.5 Å². The van der Waals surface area contributed by atoms with Crippen molar-refractivity contribution in [3.63, 3.8) is 0 Å². The lowest BCUT2D eigenvalue weighted by Gasteiger charge is -2.27. The molecule has 0 radical (unpaired) electrons. The van der Waals surface area contributed by atoms with Crippen molar-refractivity contribution in [3.8, 4) is 33.4 Å². The number of nitrogens with zero attached hydrogens (tertiary/aromatic N) is 1. The summed E-state index contributed by atoms with van der Waals surface area (Å²) in [6.45, 7) is 4.71. The number of fused-ring (bicyclic) bond motifs is 9. The Balaban J connectivity index is 1.08. The SMILES string of the molecule is CC1(C)c2ccc(N(c3ccc(-c4ccc5sc6ccccc6c5c4)cc3)c3ccc4c(c3)oc3ccccc34)cc2-c2c(-c3ccccc3)cccc21. The molecular formula is C51H35NOS. The van der Waals surface area contributed by atoms with E-state index in [2.05, 4.69) is 183 Å². The Labute approximate surface area is 318 Å². The van der Waals surface area contributed by atoms with Gasteiger partial charge in [-0.2, -0.15) is 0 Å². The lowest BCUT2D eigenvalue weighted by Crippen LogP contribution is -2.15. The average molecular weight is 710 g/mol. The van der Waals surface area contributed by atoms with Crippen LogP contribution in [0.1, 0.15) is 25.0 Å². The fourth-order valence-corrected chi connectivity index (χ4v) is 9.89. The van der Waals surface area contributed by atoms with Crippen molar-refractivity contribution in [2.45, 2.75) is 19.3 Å². The molecule has 10 aromatic rings. The van der Waals surface area contributed by atoms with Crippen LogP contribution < -0.4 is 4.90 Å². The van der Waals surface area contributed by atoms with Crippen LogP contribution in [0.4, 0.5) is 17.1 Å². The number of benzene rings is 8. The van der Waals surface area contributed by atoms with E-state index in [1.54, 1.807) is 0 Å². The third kappa shape index (κ3) is 4.72. The quantitative estimate of drug-likeness (QED) is 0.177. The molecule has 1 aliphatic rings. The van der Waals surface area contributed by atoms with Gasteiger partial charge in [-0.1, -0.05) is 123 Å². The molecule has 256 valence electrons. The fraction of sp³-hybridized carbons (Fsp3) is 0.0588. The first-order valence-corrected chi connectivity index (χ1v) is 19.4. The van der Waals surface area contributed by atoms with Crippen LogP contribution in [0.5, 0.6) is 0 Å². The first-order valence-electron chi connectivity index (χ1n) is 18.6.